The van der Waals surface area contributed by atoms with E-state index in [2.05, 4.69) is 24.3 Å². The Labute approximate surface area is 136 Å². The van der Waals surface area contributed by atoms with Gasteiger partial charge in [0.15, 0.2) is 0 Å². The number of nitrogens with one attached hydrogen (secondary N) is 1. The van der Waals surface area contributed by atoms with Crippen molar-refractivity contribution in [2.75, 3.05) is 5.32 Å². The summed E-state index contributed by atoms with van der Waals surface area (Å²) >= 11 is 0. The Morgan fingerprint density at radius 3 is 2.52 bits per heavy atom. The second kappa shape index (κ2) is 6.77. The Morgan fingerprint density at radius 1 is 1.35 bits per heavy atom. The predicted molar refractivity (Wildman–Crippen MR) is 90.8 cm³/mol. The number of aryl methyl sites for hydroxylation is 2. The van der Waals surface area contributed by atoms with Gasteiger partial charge in [0, 0.05) is 18.3 Å². The van der Waals surface area contributed by atoms with E-state index in [1.54, 1.807) is 6.92 Å². The Morgan fingerprint density at radius 2 is 2.00 bits per heavy atom. The van der Waals surface area contributed by atoms with Gasteiger partial charge in [-0.15, -0.1) is 0 Å². The van der Waals surface area contributed by atoms with Gasteiger partial charge in [0.1, 0.15) is 5.56 Å². The van der Waals surface area contributed by atoms with Gasteiger partial charge < -0.3 is 5.32 Å². The summed E-state index contributed by atoms with van der Waals surface area (Å²) in [6, 6.07) is 7.55. The molecule has 2 aromatic rings. The molecule has 0 bridgehead atoms. The van der Waals surface area contributed by atoms with Crippen LogP contribution in [0.5, 0.6) is 0 Å². The molecule has 1 heterocycles. The molecule has 0 spiro atoms. The molecule has 122 valence electrons. The predicted octanol–water partition coefficient (Wildman–Crippen LogP) is 4.18. The molecule has 0 fully saturated rings. The molecule has 1 amide bonds. The van der Waals surface area contributed by atoms with Crippen molar-refractivity contribution in [3.8, 4) is 0 Å². The number of hydrogen-bond acceptors (Lipinski definition) is 2. The lowest BCUT2D eigenvalue weighted by Gasteiger charge is -2.16. The van der Waals surface area contributed by atoms with Crippen LogP contribution in [-0.2, 0) is 7.05 Å². The van der Waals surface area contributed by atoms with Crippen LogP contribution in [0.2, 0.25) is 0 Å². The molecule has 23 heavy (non-hydrogen) atoms. The average molecular weight is 315 g/mol. The molecular weight excluding hydrogens is 293 g/mol. The summed E-state index contributed by atoms with van der Waals surface area (Å²) in [6.07, 6.45) is 2.03. The first-order valence-electron chi connectivity index (χ1n) is 7.62. The SMILES string of the molecule is CC=C(c1ccccc1NC(=O)c1c(C)nn(C)c1F)C(C)C. The Balaban J connectivity index is 2.40. The molecule has 0 aliphatic carbocycles. The quantitative estimate of drug-likeness (QED) is 0.920. The van der Waals surface area contributed by atoms with Crippen LogP contribution in [-0.4, -0.2) is 15.7 Å². The van der Waals surface area contributed by atoms with Crippen LogP contribution in [0.15, 0.2) is 30.3 Å². The van der Waals surface area contributed by atoms with Crippen LogP contribution >= 0.6 is 0 Å². The number of anilines is 1. The number of carbonyl (C=O) groups is 1. The summed E-state index contributed by atoms with van der Waals surface area (Å²) in [5.41, 5.74) is 3.09. The number of rotatable bonds is 4. The molecule has 4 nitrogen and oxygen atoms in total. The van der Waals surface area contributed by atoms with Crippen molar-refractivity contribution >= 4 is 17.2 Å². The first-order valence-corrected chi connectivity index (χ1v) is 7.62. The van der Waals surface area contributed by atoms with Gasteiger partial charge in [-0.3, -0.25) is 4.79 Å². The summed E-state index contributed by atoms with van der Waals surface area (Å²) in [4.78, 5) is 12.5. The van der Waals surface area contributed by atoms with Crippen molar-refractivity contribution < 1.29 is 9.18 Å². The summed E-state index contributed by atoms with van der Waals surface area (Å²) in [7, 11) is 1.48. The Hall–Kier alpha value is -2.43. The number of hydrogen-bond donors (Lipinski definition) is 1. The monoisotopic (exact) mass is 315 g/mol. The third-order valence-electron chi connectivity index (χ3n) is 3.80. The fourth-order valence-electron chi connectivity index (χ4n) is 2.72. The number of nitrogens with zero attached hydrogens (tertiary/aromatic N) is 2. The lowest BCUT2D eigenvalue weighted by Crippen LogP contribution is -2.16. The van der Waals surface area contributed by atoms with Crippen molar-refractivity contribution in [2.24, 2.45) is 13.0 Å². The van der Waals surface area contributed by atoms with Crippen molar-refractivity contribution in [2.45, 2.75) is 27.7 Å². The summed E-state index contributed by atoms with van der Waals surface area (Å²) in [5.74, 6) is -0.803. The van der Waals surface area contributed by atoms with E-state index in [0.717, 1.165) is 15.8 Å². The standard InChI is InChI=1S/C18H22FN3O/c1-6-13(11(2)3)14-9-7-8-10-15(14)20-18(23)16-12(4)21-22(5)17(16)19/h6-11H,1-5H3,(H,20,23). The number of benzene rings is 1. The van der Waals surface area contributed by atoms with E-state index in [9.17, 15) is 9.18 Å². The van der Waals surface area contributed by atoms with E-state index >= 15 is 0 Å². The maximum absolute atomic E-state index is 14.1. The Bertz CT molecular complexity index is 760. The molecule has 2 rings (SSSR count). The van der Waals surface area contributed by atoms with Crippen LogP contribution in [0.1, 0.15) is 42.4 Å². The normalized spacial score (nSPS) is 11.9. The fraction of sp³-hybridized carbons (Fsp3) is 0.333. The van der Waals surface area contributed by atoms with Crippen molar-refractivity contribution in [1.29, 1.82) is 0 Å². The summed E-state index contributed by atoms with van der Waals surface area (Å²) < 4.78 is 15.1. The zero-order valence-corrected chi connectivity index (χ0v) is 14.1. The molecule has 0 atom stereocenters. The highest BCUT2D eigenvalue weighted by molar-refractivity contribution is 6.06. The maximum Gasteiger partial charge on any atom is 0.262 e. The average Bonchev–Trinajstić information content (AvgIpc) is 2.74. The fourth-order valence-corrected chi connectivity index (χ4v) is 2.72. The van der Waals surface area contributed by atoms with E-state index in [0.29, 0.717) is 17.3 Å². The van der Waals surface area contributed by atoms with Gasteiger partial charge in [-0.05, 0) is 31.4 Å². The van der Waals surface area contributed by atoms with E-state index < -0.39 is 11.9 Å². The molecule has 1 N–H and O–H groups in total. The third kappa shape index (κ3) is 3.33. The van der Waals surface area contributed by atoms with Gasteiger partial charge in [0.2, 0.25) is 5.95 Å². The lowest BCUT2D eigenvalue weighted by molar-refractivity contribution is 0.102. The van der Waals surface area contributed by atoms with E-state index in [1.807, 2.05) is 37.3 Å². The van der Waals surface area contributed by atoms with Crippen molar-refractivity contribution in [3.63, 3.8) is 0 Å². The van der Waals surface area contributed by atoms with Crippen molar-refractivity contribution in [3.05, 3.63) is 53.1 Å². The molecular formula is C18H22FN3O. The van der Waals surface area contributed by atoms with Gasteiger partial charge in [-0.1, -0.05) is 38.1 Å². The molecule has 0 radical (unpaired) electrons. The molecule has 5 heteroatoms. The number of amides is 1. The van der Waals surface area contributed by atoms with Crippen LogP contribution < -0.4 is 5.32 Å². The second-order valence-electron chi connectivity index (χ2n) is 5.77. The highest BCUT2D eigenvalue weighted by Gasteiger charge is 2.21. The molecule has 1 aromatic heterocycles. The zero-order valence-electron chi connectivity index (χ0n) is 14.1. The molecule has 0 saturated heterocycles. The van der Waals surface area contributed by atoms with E-state index in [1.165, 1.54) is 7.05 Å². The number of carbonyl (C=O) groups excluding carboxylic acids is 1. The van der Waals surface area contributed by atoms with Gasteiger partial charge in [0.25, 0.3) is 5.91 Å². The minimum Gasteiger partial charge on any atom is -0.321 e. The first-order chi connectivity index (χ1) is 10.9. The maximum atomic E-state index is 14.1. The number of aromatic nitrogens is 2. The Kier molecular flexibility index (Phi) is 4.98. The summed E-state index contributed by atoms with van der Waals surface area (Å²) in [5, 5.41) is 6.76. The van der Waals surface area contributed by atoms with Crippen LogP contribution in [0, 0.1) is 18.8 Å². The van der Waals surface area contributed by atoms with Gasteiger partial charge in [-0.25, -0.2) is 4.68 Å². The highest BCUT2D eigenvalue weighted by atomic mass is 19.1. The second-order valence-corrected chi connectivity index (χ2v) is 5.77. The van der Waals surface area contributed by atoms with Crippen molar-refractivity contribution in [1.82, 2.24) is 9.78 Å². The minimum absolute atomic E-state index is 0.0196. The van der Waals surface area contributed by atoms with E-state index in [-0.39, 0.29) is 5.56 Å². The van der Waals surface area contributed by atoms with Crippen LogP contribution in [0.25, 0.3) is 5.57 Å². The first kappa shape index (κ1) is 16.9. The molecule has 0 saturated carbocycles. The highest BCUT2D eigenvalue weighted by Crippen LogP contribution is 2.29. The smallest absolute Gasteiger partial charge is 0.262 e. The molecule has 0 aliphatic heterocycles. The lowest BCUT2D eigenvalue weighted by atomic mass is 9.94. The van der Waals surface area contributed by atoms with Crippen LogP contribution in [0.3, 0.4) is 0 Å². The number of para-hydroxylation sites is 1. The topological polar surface area (TPSA) is 46.9 Å². The van der Waals surface area contributed by atoms with E-state index in [4.69, 9.17) is 0 Å². The van der Waals surface area contributed by atoms with Crippen LogP contribution in [0.4, 0.5) is 10.1 Å². The van der Waals surface area contributed by atoms with Gasteiger partial charge >= 0.3 is 0 Å². The number of allylic oxidation sites excluding steroid dienone is 2. The molecule has 1 aromatic carbocycles. The van der Waals surface area contributed by atoms with Gasteiger partial charge in [0.05, 0.1) is 5.69 Å². The third-order valence-corrected chi connectivity index (χ3v) is 3.80. The zero-order chi connectivity index (χ0) is 17.1. The van der Waals surface area contributed by atoms with Gasteiger partial charge in [-0.2, -0.15) is 9.49 Å². The number of halogens is 1. The molecule has 0 unspecified atom stereocenters. The summed E-state index contributed by atoms with van der Waals surface area (Å²) in [6.45, 7) is 7.78. The molecule has 0 aliphatic rings. The minimum atomic E-state index is -0.632. The largest absolute Gasteiger partial charge is 0.321 e.